The number of benzene rings is 1. The molecule has 0 radical (unpaired) electrons. The number of rotatable bonds is 5. The van der Waals surface area contributed by atoms with E-state index in [-0.39, 0.29) is 24.2 Å². The predicted octanol–water partition coefficient (Wildman–Crippen LogP) is 1.22. The van der Waals surface area contributed by atoms with Crippen molar-refractivity contribution in [1.29, 1.82) is 0 Å². The zero-order valence-electron chi connectivity index (χ0n) is 12.7. The molecular weight excluding hydrogens is 310 g/mol. The molecule has 0 unspecified atom stereocenters. The average molecular weight is 328 g/mol. The number of carbonyl (C=O) groups is 2. The van der Waals surface area contributed by atoms with Crippen molar-refractivity contribution in [3.8, 4) is 5.75 Å². The maximum atomic E-state index is 12.3. The van der Waals surface area contributed by atoms with Crippen LogP contribution in [0, 0.1) is 0 Å². The molecule has 2 amide bonds. The fourth-order valence-electron chi connectivity index (χ4n) is 2.34. The molecule has 2 rings (SSSR count). The van der Waals surface area contributed by atoms with Crippen molar-refractivity contribution in [2.45, 2.75) is 6.61 Å². The predicted molar refractivity (Wildman–Crippen MR) is 77.4 cm³/mol. The van der Waals surface area contributed by atoms with Gasteiger partial charge in [0.1, 0.15) is 12.4 Å². The van der Waals surface area contributed by atoms with Crippen molar-refractivity contribution in [3.05, 3.63) is 29.8 Å². The molecule has 1 aromatic rings. The molecule has 23 heavy (non-hydrogen) atoms. The van der Waals surface area contributed by atoms with Crippen LogP contribution in [0.15, 0.2) is 24.3 Å². The van der Waals surface area contributed by atoms with Crippen LogP contribution < -0.4 is 4.74 Å². The van der Waals surface area contributed by atoms with E-state index in [1.54, 1.807) is 9.80 Å². The van der Waals surface area contributed by atoms with Gasteiger partial charge in [0, 0.05) is 38.9 Å². The summed E-state index contributed by atoms with van der Waals surface area (Å²) < 4.78 is 33.2. The molecular formula is C15H18F2N2O4. The molecule has 1 saturated heterocycles. The van der Waals surface area contributed by atoms with Crippen LogP contribution >= 0.6 is 0 Å². The van der Waals surface area contributed by atoms with Gasteiger partial charge in [-0.05, 0) is 24.3 Å². The molecule has 0 N–H and O–H groups in total. The molecule has 0 bridgehead atoms. The minimum absolute atomic E-state index is 0.00605. The number of alkyl halides is 2. The van der Waals surface area contributed by atoms with E-state index in [4.69, 9.17) is 4.74 Å². The Morgan fingerprint density at radius 1 is 1.09 bits per heavy atom. The molecule has 1 fully saturated rings. The first-order valence-corrected chi connectivity index (χ1v) is 7.12. The van der Waals surface area contributed by atoms with Crippen molar-refractivity contribution in [3.63, 3.8) is 0 Å². The second-order valence-electron chi connectivity index (χ2n) is 5.01. The second-order valence-corrected chi connectivity index (χ2v) is 5.01. The molecule has 1 aromatic carbocycles. The van der Waals surface area contributed by atoms with Gasteiger partial charge in [-0.3, -0.25) is 9.59 Å². The lowest BCUT2D eigenvalue weighted by Gasteiger charge is -2.34. The number of hydrogen-bond acceptors (Lipinski definition) is 4. The van der Waals surface area contributed by atoms with E-state index in [1.807, 2.05) is 0 Å². The fraction of sp³-hybridized carbons (Fsp3) is 0.467. The Morgan fingerprint density at radius 2 is 1.65 bits per heavy atom. The smallest absolute Gasteiger partial charge is 0.387 e. The van der Waals surface area contributed by atoms with Crippen LogP contribution in [-0.2, 0) is 9.53 Å². The van der Waals surface area contributed by atoms with Gasteiger partial charge in [0.25, 0.3) is 5.91 Å². The van der Waals surface area contributed by atoms with E-state index >= 15 is 0 Å². The van der Waals surface area contributed by atoms with E-state index in [9.17, 15) is 18.4 Å². The SMILES string of the molecule is COCC(=O)N1CCN(C(=O)c2ccc(OC(F)F)cc2)CC1. The molecule has 6 nitrogen and oxygen atoms in total. The Hall–Kier alpha value is -2.22. The summed E-state index contributed by atoms with van der Waals surface area (Å²) in [6, 6.07) is 5.56. The summed E-state index contributed by atoms with van der Waals surface area (Å²) in [4.78, 5) is 27.3. The summed E-state index contributed by atoms with van der Waals surface area (Å²) in [6.45, 7) is -1.14. The van der Waals surface area contributed by atoms with Gasteiger partial charge in [-0.1, -0.05) is 0 Å². The first kappa shape index (κ1) is 17.1. The Balaban J connectivity index is 1.90. The normalized spacial score (nSPS) is 15.0. The lowest BCUT2D eigenvalue weighted by Crippen LogP contribution is -2.51. The first-order chi connectivity index (χ1) is 11.0. The molecule has 0 spiro atoms. The Kier molecular flexibility index (Phi) is 5.86. The van der Waals surface area contributed by atoms with Crippen molar-refractivity contribution >= 4 is 11.8 Å². The van der Waals surface area contributed by atoms with Gasteiger partial charge in [0.15, 0.2) is 0 Å². The van der Waals surface area contributed by atoms with Crippen LogP contribution in [-0.4, -0.2) is 68.1 Å². The summed E-state index contributed by atoms with van der Waals surface area (Å²) in [6.07, 6.45) is 0. The monoisotopic (exact) mass is 328 g/mol. The van der Waals surface area contributed by atoms with Crippen LogP contribution in [0.1, 0.15) is 10.4 Å². The van der Waals surface area contributed by atoms with Crippen molar-refractivity contribution < 1.29 is 27.8 Å². The molecule has 1 aliphatic heterocycles. The van der Waals surface area contributed by atoms with Gasteiger partial charge in [-0.15, -0.1) is 0 Å². The van der Waals surface area contributed by atoms with Crippen LogP contribution in [0.3, 0.4) is 0 Å². The van der Waals surface area contributed by atoms with Gasteiger partial charge in [0.05, 0.1) is 0 Å². The van der Waals surface area contributed by atoms with Gasteiger partial charge < -0.3 is 19.3 Å². The molecule has 0 aliphatic carbocycles. The molecule has 0 atom stereocenters. The minimum Gasteiger partial charge on any atom is -0.435 e. The summed E-state index contributed by atoms with van der Waals surface area (Å²) >= 11 is 0. The highest BCUT2D eigenvalue weighted by Gasteiger charge is 2.24. The second kappa shape index (κ2) is 7.87. The third kappa shape index (κ3) is 4.62. The fourth-order valence-corrected chi connectivity index (χ4v) is 2.34. The average Bonchev–Trinajstić information content (AvgIpc) is 2.55. The Morgan fingerprint density at radius 3 is 2.17 bits per heavy atom. The van der Waals surface area contributed by atoms with Crippen LogP contribution in [0.2, 0.25) is 0 Å². The lowest BCUT2D eigenvalue weighted by molar-refractivity contribution is -0.136. The largest absolute Gasteiger partial charge is 0.435 e. The van der Waals surface area contributed by atoms with Gasteiger partial charge in [-0.2, -0.15) is 8.78 Å². The highest BCUT2D eigenvalue weighted by Crippen LogP contribution is 2.16. The van der Waals surface area contributed by atoms with Crippen LogP contribution in [0.4, 0.5) is 8.78 Å². The summed E-state index contributed by atoms with van der Waals surface area (Å²) in [5.41, 5.74) is 0.392. The number of amides is 2. The van der Waals surface area contributed by atoms with E-state index in [2.05, 4.69) is 4.74 Å². The molecule has 1 aliphatic rings. The van der Waals surface area contributed by atoms with Crippen molar-refractivity contribution in [2.24, 2.45) is 0 Å². The third-order valence-corrected chi connectivity index (χ3v) is 3.51. The van der Waals surface area contributed by atoms with Crippen LogP contribution in [0.25, 0.3) is 0 Å². The molecule has 126 valence electrons. The van der Waals surface area contributed by atoms with E-state index in [1.165, 1.54) is 31.4 Å². The van der Waals surface area contributed by atoms with Gasteiger partial charge in [-0.25, -0.2) is 0 Å². The number of piperazine rings is 1. The minimum atomic E-state index is -2.89. The lowest BCUT2D eigenvalue weighted by atomic mass is 10.1. The summed E-state index contributed by atoms with van der Waals surface area (Å²) in [7, 11) is 1.46. The highest BCUT2D eigenvalue weighted by molar-refractivity contribution is 5.94. The zero-order valence-corrected chi connectivity index (χ0v) is 12.7. The zero-order chi connectivity index (χ0) is 16.8. The van der Waals surface area contributed by atoms with Gasteiger partial charge >= 0.3 is 6.61 Å². The number of hydrogen-bond donors (Lipinski definition) is 0. The first-order valence-electron chi connectivity index (χ1n) is 7.12. The Labute approximate surface area is 132 Å². The maximum Gasteiger partial charge on any atom is 0.387 e. The van der Waals surface area contributed by atoms with Gasteiger partial charge in [0.2, 0.25) is 5.91 Å². The maximum absolute atomic E-state index is 12.3. The van der Waals surface area contributed by atoms with E-state index in [0.717, 1.165) is 0 Å². The third-order valence-electron chi connectivity index (χ3n) is 3.51. The Bertz CT molecular complexity index is 543. The number of carbonyl (C=O) groups excluding carboxylic acids is 2. The van der Waals surface area contributed by atoms with Crippen molar-refractivity contribution in [2.75, 3.05) is 39.9 Å². The van der Waals surface area contributed by atoms with E-state index < -0.39 is 6.61 Å². The number of methoxy groups -OCH3 is 1. The number of nitrogens with zero attached hydrogens (tertiary/aromatic N) is 2. The number of halogens is 2. The molecule has 0 aromatic heterocycles. The highest BCUT2D eigenvalue weighted by atomic mass is 19.3. The summed E-state index contributed by atoms with van der Waals surface area (Å²) in [5.74, 6) is -0.299. The van der Waals surface area contributed by atoms with E-state index in [0.29, 0.717) is 31.7 Å². The van der Waals surface area contributed by atoms with Crippen molar-refractivity contribution in [1.82, 2.24) is 9.80 Å². The number of ether oxygens (including phenoxy) is 2. The molecule has 1 heterocycles. The quantitative estimate of drug-likeness (QED) is 0.815. The molecule has 8 heteroatoms. The van der Waals surface area contributed by atoms with Crippen LogP contribution in [0.5, 0.6) is 5.75 Å². The molecule has 0 saturated carbocycles. The summed E-state index contributed by atoms with van der Waals surface area (Å²) in [5, 5.41) is 0. The standard InChI is InChI=1S/C15H18F2N2O4/c1-22-10-13(20)18-6-8-19(9-7-18)14(21)11-2-4-12(5-3-11)23-15(16)17/h2-5,15H,6-10H2,1H3. The topological polar surface area (TPSA) is 59.1 Å².